The Hall–Kier alpha value is -1.79. The molecule has 4 rings (SSSR count). The molecular weight excluding hydrogens is 497 g/mol. The lowest BCUT2D eigenvalue weighted by atomic mass is 9.99. The number of fused-ring (bicyclic) bond motifs is 5. The average Bonchev–Trinajstić information content (AvgIpc) is 3.41. The van der Waals surface area contributed by atoms with Gasteiger partial charge in [-0.1, -0.05) is 83.1 Å². The maximum Gasteiger partial charge on any atom is 0.141 e. The van der Waals surface area contributed by atoms with Crippen LogP contribution in [0.4, 0.5) is 0 Å². The molecule has 2 heterocycles. The summed E-state index contributed by atoms with van der Waals surface area (Å²) < 4.78 is 14.1. The molecule has 38 heavy (non-hydrogen) atoms. The smallest absolute Gasteiger partial charge is 0.141 e. The van der Waals surface area contributed by atoms with Gasteiger partial charge in [-0.25, -0.2) is 0 Å². The molecule has 2 aromatic carbocycles. The Morgan fingerprint density at radius 3 is 0.921 bits per heavy atom. The summed E-state index contributed by atoms with van der Waals surface area (Å²) in [4.78, 5) is 0. The van der Waals surface area contributed by atoms with Gasteiger partial charge in [-0.15, -0.1) is 0 Å². The summed E-state index contributed by atoms with van der Waals surface area (Å²) in [6.45, 7) is 33.5. The fourth-order valence-electron chi connectivity index (χ4n) is 9.02. The summed E-state index contributed by atoms with van der Waals surface area (Å²) in [6.07, 6.45) is 0. The van der Waals surface area contributed by atoms with Crippen LogP contribution in [-0.4, -0.2) is 16.1 Å². The molecule has 0 spiro atoms. The Morgan fingerprint density at radius 1 is 0.421 bits per heavy atom. The van der Waals surface area contributed by atoms with Crippen molar-refractivity contribution in [2.24, 2.45) is 0 Å². The van der Waals surface area contributed by atoms with E-state index in [0.717, 1.165) is 11.2 Å². The van der Waals surface area contributed by atoms with Crippen LogP contribution >= 0.6 is 0 Å². The van der Waals surface area contributed by atoms with Gasteiger partial charge in [0.15, 0.2) is 0 Å². The van der Waals surface area contributed by atoms with Crippen LogP contribution in [0.2, 0.25) is 33.2 Å². The van der Waals surface area contributed by atoms with Gasteiger partial charge in [0.2, 0.25) is 0 Å². The molecule has 0 saturated heterocycles. The van der Waals surface area contributed by atoms with E-state index in [9.17, 15) is 0 Å². The highest BCUT2D eigenvalue weighted by atomic mass is 28.3. The predicted octanol–water partition coefficient (Wildman–Crippen LogP) is 10.7. The third-order valence-electron chi connectivity index (χ3n) is 10.4. The average molecular weight is 549 g/mol. The molecular formula is C34H52O2Si2. The van der Waals surface area contributed by atoms with E-state index in [-0.39, 0.29) is 0 Å². The van der Waals surface area contributed by atoms with Gasteiger partial charge in [0.05, 0.1) is 10.8 Å². The Morgan fingerprint density at radius 2 is 0.684 bits per heavy atom. The van der Waals surface area contributed by atoms with Crippen LogP contribution in [0, 0.1) is 13.8 Å². The molecule has 0 atom stereocenters. The molecule has 4 aromatic rings. The Balaban J connectivity index is 2.10. The lowest BCUT2D eigenvalue weighted by molar-refractivity contribution is 0.634. The molecule has 0 saturated carbocycles. The quantitative estimate of drug-likeness (QED) is 0.205. The Labute approximate surface area is 233 Å². The molecule has 4 heteroatoms. The molecule has 0 amide bonds. The van der Waals surface area contributed by atoms with Crippen molar-refractivity contribution >= 4 is 59.6 Å². The first-order valence-electron chi connectivity index (χ1n) is 15.0. The zero-order valence-corrected chi connectivity index (χ0v) is 28.6. The summed E-state index contributed by atoms with van der Waals surface area (Å²) >= 11 is 0. The summed E-state index contributed by atoms with van der Waals surface area (Å²) in [5.41, 5.74) is 8.32. The molecule has 2 aromatic heterocycles. The summed E-state index contributed by atoms with van der Waals surface area (Å²) in [5.74, 6) is 0. The number of hydrogen-bond donors (Lipinski definition) is 0. The molecule has 208 valence electrons. The normalized spacial score (nSPS) is 13.9. The minimum absolute atomic E-state index is 0.608. The van der Waals surface area contributed by atoms with E-state index in [0.29, 0.717) is 33.2 Å². The molecule has 0 radical (unpaired) electrons. The monoisotopic (exact) mass is 548 g/mol. The van der Waals surface area contributed by atoms with Gasteiger partial charge in [0.25, 0.3) is 0 Å². The van der Waals surface area contributed by atoms with E-state index in [1.54, 1.807) is 0 Å². The third-order valence-corrected chi connectivity index (χ3v) is 24.1. The van der Waals surface area contributed by atoms with Crippen molar-refractivity contribution in [3.05, 3.63) is 35.4 Å². The summed E-state index contributed by atoms with van der Waals surface area (Å²) in [5, 5.41) is 7.48. The maximum atomic E-state index is 7.03. The largest absolute Gasteiger partial charge is 0.466 e. The maximum absolute atomic E-state index is 7.03. The van der Waals surface area contributed by atoms with Gasteiger partial charge in [0.1, 0.15) is 27.3 Å². The summed E-state index contributed by atoms with van der Waals surface area (Å²) in [7, 11) is -3.82. The Kier molecular flexibility index (Phi) is 7.68. The van der Waals surface area contributed by atoms with Crippen molar-refractivity contribution in [1.82, 2.24) is 0 Å². The van der Waals surface area contributed by atoms with Crippen molar-refractivity contribution < 1.29 is 8.83 Å². The van der Waals surface area contributed by atoms with Crippen LogP contribution in [0.15, 0.2) is 33.1 Å². The SMILES string of the molecule is Cc1cc2c(cc(C)c3cc([Si](C(C)C)(C(C)C)C(C)C)oc32)c2oc([Si](C(C)C)(C(C)C)C(C)C)cc12. The van der Waals surface area contributed by atoms with Crippen molar-refractivity contribution in [3.63, 3.8) is 0 Å². The first-order chi connectivity index (χ1) is 17.6. The summed E-state index contributed by atoms with van der Waals surface area (Å²) in [6, 6.07) is 9.55. The second-order valence-electron chi connectivity index (χ2n) is 14.0. The molecule has 0 N–H and O–H groups in total. The van der Waals surface area contributed by atoms with Crippen LogP contribution in [0.25, 0.3) is 32.7 Å². The van der Waals surface area contributed by atoms with Gasteiger partial charge >= 0.3 is 0 Å². The van der Waals surface area contributed by atoms with Crippen LogP contribution in [0.3, 0.4) is 0 Å². The van der Waals surface area contributed by atoms with Crippen molar-refractivity contribution in [2.75, 3.05) is 0 Å². The van der Waals surface area contributed by atoms with Crippen LogP contribution < -0.4 is 10.8 Å². The van der Waals surface area contributed by atoms with Crippen LogP contribution in [-0.2, 0) is 0 Å². The lowest BCUT2D eigenvalue weighted by Gasteiger charge is -2.41. The second-order valence-corrected chi connectivity index (χ2v) is 25.6. The van der Waals surface area contributed by atoms with Gasteiger partial charge in [-0.3, -0.25) is 0 Å². The molecule has 0 aliphatic rings. The molecule has 2 nitrogen and oxygen atoms in total. The zero-order chi connectivity index (χ0) is 28.5. The molecule has 0 aliphatic carbocycles. The minimum Gasteiger partial charge on any atom is -0.466 e. The number of rotatable bonds is 8. The van der Waals surface area contributed by atoms with Gasteiger partial charge < -0.3 is 8.83 Å². The number of aryl methyl sites for hydroxylation is 2. The third kappa shape index (κ3) is 3.91. The molecule has 0 unspecified atom stereocenters. The number of furan rings is 2. The lowest BCUT2D eigenvalue weighted by Crippen LogP contribution is -2.55. The van der Waals surface area contributed by atoms with E-state index in [4.69, 9.17) is 8.83 Å². The molecule has 0 bridgehead atoms. The fourth-order valence-corrected chi connectivity index (χ4v) is 21.8. The minimum atomic E-state index is -1.91. The number of hydrogen-bond acceptors (Lipinski definition) is 2. The first kappa shape index (κ1) is 29.2. The standard InChI is InChI=1S/C34H52O2Si2/c1-19(2)37(20(3)4,21(5)6)31-17-27-25(13)15-30-29(33(27)35-31)16-26(14)28-18-32(36-34(28)30)38(22(7)8,23(9)10)24(11)12/h15-24H,1-14H3. The van der Waals surface area contributed by atoms with E-state index in [1.165, 1.54) is 43.4 Å². The van der Waals surface area contributed by atoms with E-state index >= 15 is 0 Å². The first-order valence-corrected chi connectivity index (χ1v) is 19.5. The van der Waals surface area contributed by atoms with Crippen LogP contribution in [0.1, 0.15) is 94.2 Å². The van der Waals surface area contributed by atoms with Crippen molar-refractivity contribution in [3.8, 4) is 0 Å². The molecule has 0 aliphatic heterocycles. The topological polar surface area (TPSA) is 26.3 Å². The van der Waals surface area contributed by atoms with E-state index in [1.807, 2.05) is 0 Å². The van der Waals surface area contributed by atoms with Gasteiger partial charge in [-0.05, 0) is 82.5 Å². The molecule has 0 fully saturated rings. The fraction of sp³-hybridized carbons (Fsp3) is 0.588. The Bertz CT molecular complexity index is 1310. The van der Waals surface area contributed by atoms with Crippen LogP contribution in [0.5, 0.6) is 0 Å². The van der Waals surface area contributed by atoms with Crippen molar-refractivity contribution in [1.29, 1.82) is 0 Å². The highest BCUT2D eigenvalue weighted by Gasteiger charge is 2.49. The predicted molar refractivity (Wildman–Crippen MR) is 174 cm³/mol. The highest BCUT2D eigenvalue weighted by Crippen LogP contribution is 2.45. The van der Waals surface area contributed by atoms with E-state index in [2.05, 4.69) is 121 Å². The van der Waals surface area contributed by atoms with Crippen molar-refractivity contribution in [2.45, 2.75) is 130 Å². The zero-order valence-electron chi connectivity index (χ0n) is 26.6. The van der Waals surface area contributed by atoms with Gasteiger partial charge in [-0.2, -0.15) is 0 Å². The van der Waals surface area contributed by atoms with Gasteiger partial charge in [0, 0.05) is 21.5 Å². The second kappa shape index (κ2) is 10.00. The number of benzene rings is 2. The highest BCUT2D eigenvalue weighted by molar-refractivity contribution is 6.94. The van der Waals surface area contributed by atoms with E-state index < -0.39 is 16.1 Å².